The summed E-state index contributed by atoms with van der Waals surface area (Å²) in [5, 5.41) is 6.05. The van der Waals surface area contributed by atoms with Crippen LogP contribution >= 0.6 is 0 Å². The molecule has 1 aliphatic carbocycles. The van der Waals surface area contributed by atoms with Crippen molar-refractivity contribution in [1.82, 2.24) is 20.4 Å². The summed E-state index contributed by atoms with van der Waals surface area (Å²) >= 11 is 0. The van der Waals surface area contributed by atoms with Gasteiger partial charge < -0.3 is 15.5 Å². The van der Waals surface area contributed by atoms with Crippen LogP contribution in [0.15, 0.2) is 30.3 Å². The summed E-state index contributed by atoms with van der Waals surface area (Å²) in [6.07, 6.45) is 4.04. The minimum atomic E-state index is -0.227. The van der Waals surface area contributed by atoms with E-state index in [2.05, 4.69) is 15.5 Å². The SMILES string of the molecule is O=C(NC1CC1)C(c1ccccc1)N1CCC(N2CCNC2=O)CC1. The predicted octanol–water partition coefficient (Wildman–Crippen LogP) is 1.50. The van der Waals surface area contributed by atoms with E-state index in [9.17, 15) is 9.59 Å². The Morgan fingerprint density at radius 3 is 2.40 bits per heavy atom. The highest BCUT2D eigenvalue weighted by atomic mass is 16.2. The highest BCUT2D eigenvalue weighted by Gasteiger charge is 2.36. The van der Waals surface area contributed by atoms with Gasteiger partial charge in [0.2, 0.25) is 5.91 Å². The average Bonchev–Trinajstić information content (AvgIpc) is 3.34. The van der Waals surface area contributed by atoms with E-state index in [1.165, 1.54) is 0 Å². The minimum absolute atomic E-state index is 0.0598. The number of nitrogens with zero attached hydrogens (tertiary/aromatic N) is 2. The van der Waals surface area contributed by atoms with Gasteiger partial charge >= 0.3 is 6.03 Å². The van der Waals surface area contributed by atoms with Crippen LogP contribution in [0.3, 0.4) is 0 Å². The van der Waals surface area contributed by atoms with E-state index in [0.717, 1.165) is 57.4 Å². The Hall–Kier alpha value is -2.08. The fraction of sp³-hybridized carbons (Fsp3) is 0.579. The monoisotopic (exact) mass is 342 g/mol. The summed E-state index contributed by atoms with van der Waals surface area (Å²) in [7, 11) is 0. The van der Waals surface area contributed by atoms with Crippen molar-refractivity contribution in [3.05, 3.63) is 35.9 Å². The fourth-order valence-corrected chi connectivity index (χ4v) is 3.96. The lowest BCUT2D eigenvalue weighted by Gasteiger charge is -2.39. The van der Waals surface area contributed by atoms with E-state index in [0.29, 0.717) is 12.1 Å². The molecule has 2 aliphatic heterocycles. The smallest absolute Gasteiger partial charge is 0.317 e. The van der Waals surface area contributed by atoms with Gasteiger partial charge in [-0.25, -0.2) is 4.79 Å². The van der Waals surface area contributed by atoms with Gasteiger partial charge in [0, 0.05) is 38.3 Å². The van der Waals surface area contributed by atoms with Crippen LogP contribution in [0.25, 0.3) is 0 Å². The molecule has 6 nitrogen and oxygen atoms in total. The number of benzene rings is 1. The molecule has 4 rings (SSSR count). The average molecular weight is 342 g/mol. The lowest BCUT2D eigenvalue weighted by molar-refractivity contribution is -0.127. The van der Waals surface area contributed by atoms with Crippen molar-refractivity contribution in [2.45, 2.75) is 43.8 Å². The molecule has 3 aliphatic rings. The van der Waals surface area contributed by atoms with Gasteiger partial charge in [0.05, 0.1) is 0 Å². The molecule has 25 heavy (non-hydrogen) atoms. The first-order chi connectivity index (χ1) is 12.2. The molecule has 3 fully saturated rings. The maximum absolute atomic E-state index is 12.9. The molecule has 1 saturated carbocycles. The van der Waals surface area contributed by atoms with Crippen molar-refractivity contribution in [3.8, 4) is 0 Å². The first-order valence-electron chi connectivity index (χ1n) is 9.36. The van der Waals surface area contributed by atoms with Crippen molar-refractivity contribution < 1.29 is 9.59 Å². The van der Waals surface area contributed by atoms with Crippen molar-refractivity contribution in [3.63, 3.8) is 0 Å². The van der Waals surface area contributed by atoms with Crippen LogP contribution < -0.4 is 10.6 Å². The number of carbonyl (C=O) groups excluding carboxylic acids is 2. The molecule has 6 heteroatoms. The van der Waals surface area contributed by atoms with E-state index in [-0.39, 0.29) is 18.0 Å². The van der Waals surface area contributed by atoms with Gasteiger partial charge in [-0.1, -0.05) is 30.3 Å². The molecule has 2 heterocycles. The summed E-state index contributed by atoms with van der Waals surface area (Å²) < 4.78 is 0. The largest absolute Gasteiger partial charge is 0.352 e. The van der Waals surface area contributed by atoms with Crippen LogP contribution in [-0.2, 0) is 4.79 Å². The summed E-state index contributed by atoms with van der Waals surface area (Å²) in [6.45, 7) is 3.22. The maximum atomic E-state index is 12.9. The van der Waals surface area contributed by atoms with Gasteiger partial charge in [-0.2, -0.15) is 0 Å². The predicted molar refractivity (Wildman–Crippen MR) is 95.0 cm³/mol. The third kappa shape index (κ3) is 3.63. The molecule has 0 bridgehead atoms. The zero-order valence-corrected chi connectivity index (χ0v) is 14.5. The molecule has 0 radical (unpaired) electrons. The van der Waals surface area contributed by atoms with E-state index >= 15 is 0 Å². The zero-order chi connectivity index (χ0) is 17.2. The van der Waals surface area contributed by atoms with E-state index < -0.39 is 0 Å². The van der Waals surface area contributed by atoms with Crippen molar-refractivity contribution >= 4 is 11.9 Å². The summed E-state index contributed by atoms with van der Waals surface area (Å²) in [4.78, 5) is 29.0. The lowest BCUT2D eigenvalue weighted by atomic mass is 9.98. The van der Waals surface area contributed by atoms with E-state index in [1.807, 2.05) is 35.2 Å². The third-order valence-electron chi connectivity index (χ3n) is 5.48. The fourth-order valence-electron chi connectivity index (χ4n) is 3.96. The minimum Gasteiger partial charge on any atom is -0.352 e. The Kier molecular flexibility index (Phi) is 4.61. The third-order valence-corrected chi connectivity index (χ3v) is 5.48. The van der Waals surface area contributed by atoms with Crippen molar-refractivity contribution in [2.75, 3.05) is 26.2 Å². The number of nitrogens with one attached hydrogen (secondary N) is 2. The van der Waals surface area contributed by atoms with Crippen LogP contribution in [0.4, 0.5) is 4.79 Å². The molecule has 134 valence electrons. The van der Waals surface area contributed by atoms with Gasteiger partial charge in [-0.15, -0.1) is 0 Å². The topological polar surface area (TPSA) is 64.7 Å². The Morgan fingerprint density at radius 1 is 1.08 bits per heavy atom. The Balaban J connectivity index is 1.44. The van der Waals surface area contributed by atoms with Crippen molar-refractivity contribution in [1.29, 1.82) is 0 Å². The number of rotatable bonds is 5. The molecule has 0 aromatic heterocycles. The quantitative estimate of drug-likeness (QED) is 0.852. The second-order valence-corrected chi connectivity index (χ2v) is 7.29. The number of hydrogen-bond acceptors (Lipinski definition) is 3. The Bertz CT molecular complexity index is 624. The van der Waals surface area contributed by atoms with Crippen LogP contribution in [-0.4, -0.2) is 60.0 Å². The highest BCUT2D eigenvalue weighted by Crippen LogP contribution is 2.29. The van der Waals surface area contributed by atoms with Gasteiger partial charge in [0.15, 0.2) is 0 Å². The van der Waals surface area contributed by atoms with Crippen LogP contribution in [0.5, 0.6) is 0 Å². The molecule has 1 atom stereocenters. The van der Waals surface area contributed by atoms with E-state index in [1.54, 1.807) is 0 Å². The van der Waals surface area contributed by atoms with Crippen LogP contribution in [0, 0.1) is 0 Å². The second-order valence-electron chi connectivity index (χ2n) is 7.29. The lowest BCUT2D eigenvalue weighted by Crippen LogP contribution is -2.49. The summed E-state index contributed by atoms with van der Waals surface area (Å²) in [6, 6.07) is 10.5. The van der Waals surface area contributed by atoms with Gasteiger partial charge in [0.25, 0.3) is 0 Å². The standard InChI is InChI=1S/C19H26N4O2/c24-18(21-15-6-7-15)17(14-4-2-1-3-5-14)22-11-8-16(9-12-22)23-13-10-20-19(23)25/h1-5,15-17H,6-13H2,(H,20,25)(H,21,24). The molecule has 3 amide bonds. The van der Waals surface area contributed by atoms with Crippen LogP contribution in [0.1, 0.15) is 37.3 Å². The number of urea groups is 1. The number of hydrogen-bond donors (Lipinski definition) is 2. The van der Waals surface area contributed by atoms with Gasteiger partial charge in [-0.05, 0) is 31.2 Å². The number of piperidine rings is 1. The number of amides is 3. The number of likely N-dealkylation sites (tertiary alicyclic amines) is 1. The molecular formula is C19H26N4O2. The Morgan fingerprint density at radius 2 is 1.80 bits per heavy atom. The Labute approximate surface area is 148 Å². The molecule has 2 saturated heterocycles. The summed E-state index contributed by atoms with van der Waals surface area (Å²) in [5.74, 6) is 0.117. The van der Waals surface area contributed by atoms with E-state index in [4.69, 9.17) is 0 Å². The van der Waals surface area contributed by atoms with Gasteiger partial charge in [0.1, 0.15) is 6.04 Å². The molecular weight excluding hydrogens is 316 g/mol. The molecule has 0 spiro atoms. The molecule has 1 aromatic rings. The highest BCUT2D eigenvalue weighted by molar-refractivity contribution is 5.83. The number of carbonyl (C=O) groups is 2. The second kappa shape index (κ2) is 7.04. The summed E-state index contributed by atoms with van der Waals surface area (Å²) in [5.41, 5.74) is 1.05. The first kappa shape index (κ1) is 16.4. The zero-order valence-electron chi connectivity index (χ0n) is 14.5. The molecule has 1 aromatic carbocycles. The molecule has 2 N–H and O–H groups in total. The first-order valence-corrected chi connectivity index (χ1v) is 9.36. The molecule has 1 unspecified atom stereocenters. The van der Waals surface area contributed by atoms with Crippen molar-refractivity contribution in [2.24, 2.45) is 0 Å². The van der Waals surface area contributed by atoms with Crippen LogP contribution in [0.2, 0.25) is 0 Å². The van der Waals surface area contributed by atoms with Gasteiger partial charge in [-0.3, -0.25) is 9.69 Å². The normalized spacial score (nSPS) is 23.4. The maximum Gasteiger partial charge on any atom is 0.317 e.